The molecule has 0 amide bonds. The van der Waals surface area contributed by atoms with Gasteiger partial charge in [-0.05, 0) is 24.5 Å². The second-order valence-electron chi connectivity index (χ2n) is 5.61. The summed E-state index contributed by atoms with van der Waals surface area (Å²) in [5.41, 5.74) is 5.77. The lowest BCUT2D eigenvalue weighted by Gasteiger charge is -2.28. The van der Waals surface area contributed by atoms with Crippen molar-refractivity contribution in [2.24, 2.45) is 5.41 Å². The lowest BCUT2D eigenvalue weighted by molar-refractivity contribution is 0.317. The Hall–Kier alpha value is -1.27. The minimum atomic E-state index is -3.63. The predicted molar refractivity (Wildman–Crippen MR) is 76.6 cm³/mol. The van der Waals surface area contributed by atoms with Crippen LogP contribution in [0.4, 0.5) is 5.69 Å². The molecule has 1 unspecified atom stereocenters. The number of rotatable bonds is 4. The van der Waals surface area contributed by atoms with Crippen molar-refractivity contribution in [3.8, 4) is 5.75 Å². The first-order chi connectivity index (χ1) is 8.58. The Balaban J connectivity index is 3.08. The Morgan fingerprint density at radius 2 is 1.89 bits per heavy atom. The Morgan fingerprint density at radius 1 is 1.32 bits per heavy atom. The van der Waals surface area contributed by atoms with Gasteiger partial charge in [-0.2, -0.15) is 0 Å². The maximum absolute atomic E-state index is 12.3. The number of anilines is 1. The van der Waals surface area contributed by atoms with Crippen LogP contribution in [0.3, 0.4) is 0 Å². The van der Waals surface area contributed by atoms with Crippen LogP contribution in [0.25, 0.3) is 0 Å². The number of methoxy groups -OCH3 is 1. The number of ether oxygens (including phenoxy) is 1. The van der Waals surface area contributed by atoms with Crippen molar-refractivity contribution in [2.45, 2.75) is 38.6 Å². The number of sulfonamides is 1. The Morgan fingerprint density at radius 3 is 2.32 bits per heavy atom. The van der Waals surface area contributed by atoms with Crippen molar-refractivity contribution < 1.29 is 13.2 Å². The molecule has 0 spiro atoms. The lowest BCUT2D eigenvalue weighted by Crippen LogP contribution is -2.41. The fraction of sp³-hybridized carbons (Fsp3) is 0.538. The molecule has 0 aliphatic rings. The van der Waals surface area contributed by atoms with E-state index in [4.69, 9.17) is 10.5 Å². The van der Waals surface area contributed by atoms with Gasteiger partial charge >= 0.3 is 0 Å². The standard InChI is InChI=1S/C13H22N2O3S/c1-9(13(2,3)4)15-19(16,17)12-7-6-10(18-5)8-11(12)14/h6-9,15H,14H2,1-5H3. The van der Waals surface area contributed by atoms with Gasteiger partial charge in [-0.3, -0.25) is 0 Å². The van der Waals surface area contributed by atoms with Gasteiger partial charge in [-0.25, -0.2) is 13.1 Å². The smallest absolute Gasteiger partial charge is 0.242 e. The van der Waals surface area contributed by atoms with Crippen molar-refractivity contribution >= 4 is 15.7 Å². The van der Waals surface area contributed by atoms with Gasteiger partial charge in [0, 0.05) is 12.1 Å². The zero-order valence-corrected chi connectivity index (χ0v) is 12.8. The van der Waals surface area contributed by atoms with E-state index in [0.29, 0.717) is 5.75 Å². The zero-order chi connectivity index (χ0) is 14.8. The Labute approximate surface area is 115 Å². The molecule has 0 saturated heterocycles. The average Bonchev–Trinajstić information content (AvgIpc) is 2.26. The molecule has 1 rings (SSSR count). The molecule has 0 fully saturated rings. The Bertz CT molecular complexity index is 547. The number of benzene rings is 1. The van der Waals surface area contributed by atoms with Gasteiger partial charge in [0.15, 0.2) is 0 Å². The highest BCUT2D eigenvalue weighted by atomic mass is 32.2. The maximum atomic E-state index is 12.3. The largest absolute Gasteiger partial charge is 0.497 e. The number of nitrogen functional groups attached to an aromatic ring is 1. The highest BCUT2D eigenvalue weighted by Gasteiger charge is 2.27. The molecule has 3 N–H and O–H groups in total. The predicted octanol–water partition coefficient (Wildman–Crippen LogP) is 1.99. The van der Waals surface area contributed by atoms with Gasteiger partial charge in [0.05, 0.1) is 12.8 Å². The molecule has 0 aliphatic heterocycles. The van der Waals surface area contributed by atoms with Crippen LogP contribution in [0.1, 0.15) is 27.7 Å². The van der Waals surface area contributed by atoms with E-state index in [9.17, 15) is 8.42 Å². The molecule has 0 bridgehead atoms. The van der Waals surface area contributed by atoms with Crippen molar-refractivity contribution in [3.63, 3.8) is 0 Å². The normalized spacial score (nSPS) is 14.2. The quantitative estimate of drug-likeness (QED) is 0.829. The molecule has 19 heavy (non-hydrogen) atoms. The maximum Gasteiger partial charge on any atom is 0.242 e. The van der Waals surface area contributed by atoms with Gasteiger partial charge in [-0.1, -0.05) is 20.8 Å². The third kappa shape index (κ3) is 3.84. The van der Waals surface area contributed by atoms with Crippen molar-refractivity contribution in [1.29, 1.82) is 0 Å². The molecule has 1 aromatic carbocycles. The van der Waals surface area contributed by atoms with Crippen LogP contribution in [0.5, 0.6) is 5.75 Å². The molecule has 6 heteroatoms. The molecular weight excluding hydrogens is 264 g/mol. The first kappa shape index (κ1) is 15.8. The molecule has 0 radical (unpaired) electrons. The summed E-state index contributed by atoms with van der Waals surface area (Å²) in [6, 6.07) is 4.31. The number of nitrogens with one attached hydrogen (secondary N) is 1. The minimum absolute atomic E-state index is 0.0735. The summed E-state index contributed by atoms with van der Waals surface area (Å²) >= 11 is 0. The summed E-state index contributed by atoms with van der Waals surface area (Å²) in [4.78, 5) is 0.0735. The Kier molecular flexibility index (Phi) is 4.47. The van der Waals surface area contributed by atoms with E-state index in [-0.39, 0.29) is 22.0 Å². The lowest BCUT2D eigenvalue weighted by atomic mass is 9.89. The van der Waals surface area contributed by atoms with Gasteiger partial charge in [0.2, 0.25) is 10.0 Å². The fourth-order valence-electron chi connectivity index (χ4n) is 1.37. The SMILES string of the molecule is COc1ccc(S(=O)(=O)NC(C)C(C)(C)C)c(N)c1. The number of hydrogen-bond donors (Lipinski definition) is 2. The van der Waals surface area contributed by atoms with Crippen molar-refractivity contribution in [3.05, 3.63) is 18.2 Å². The van der Waals surface area contributed by atoms with Gasteiger partial charge in [0.1, 0.15) is 10.6 Å². The van der Waals surface area contributed by atoms with Crippen LogP contribution in [0, 0.1) is 5.41 Å². The fourth-order valence-corrected chi connectivity index (χ4v) is 2.93. The summed E-state index contributed by atoms with van der Waals surface area (Å²) in [5, 5.41) is 0. The summed E-state index contributed by atoms with van der Waals surface area (Å²) < 4.78 is 32.2. The van der Waals surface area contributed by atoms with Crippen LogP contribution in [0.15, 0.2) is 23.1 Å². The third-order valence-corrected chi connectivity index (χ3v) is 4.75. The summed E-state index contributed by atoms with van der Waals surface area (Å²) in [5.74, 6) is 0.528. The van der Waals surface area contributed by atoms with Gasteiger partial charge < -0.3 is 10.5 Å². The van der Waals surface area contributed by atoms with Crippen LogP contribution in [0.2, 0.25) is 0 Å². The highest BCUT2D eigenvalue weighted by Crippen LogP contribution is 2.26. The van der Waals surface area contributed by atoms with Crippen molar-refractivity contribution in [1.82, 2.24) is 4.72 Å². The van der Waals surface area contributed by atoms with Crippen LogP contribution in [-0.4, -0.2) is 21.6 Å². The summed E-state index contributed by atoms with van der Waals surface area (Å²) in [7, 11) is -2.13. The third-order valence-electron chi connectivity index (χ3n) is 3.14. The summed E-state index contributed by atoms with van der Waals surface area (Å²) in [6.07, 6.45) is 0. The number of nitrogens with two attached hydrogens (primary N) is 1. The van der Waals surface area contributed by atoms with E-state index in [2.05, 4.69) is 4.72 Å². The first-order valence-electron chi connectivity index (χ1n) is 6.04. The van der Waals surface area contributed by atoms with E-state index in [1.807, 2.05) is 27.7 Å². The molecule has 1 aromatic rings. The first-order valence-corrected chi connectivity index (χ1v) is 7.52. The number of hydrogen-bond acceptors (Lipinski definition) is 4. The molecule has 108 valence electrons. The van der Waals surface area contributed by atoms with E-state index in [0.717, 1.165) is 0 Å². The van der Waals surface area contributed by atoms with E-state index in [1.54, 1.807) is 6.07 Å². The summed E-state index contributed by atoms with van der Waals surface area (Å²) in [6.45, 7) is 7.74. The zero-order valence-electron chi connectivity index (χ0n) is 12.0. The molecule has 1 atom stereocenters. The monoisotopic (exact) mass is 286 g/mol. The van der Waals surface area contributed by atoms with E-state index >= 15 is 0 Å². The highest BCUT2D eigenvalue weighted by molar-refractivity contribution is 7.89. The topological polar surface area (TPSA) is 81.4 Å². The second kappa shape index (κ2) is 5.38. The van der Waals surface area contributed by atoms with Crippen molar-refractivity contribution in [2.75, 3.05) is 12.8 Å². The molecule has 0 aliphatic carbocycles. The van der Waals surface area contributed by atoms with E-state index < -0.39 is 10.0 Å². The average molecular weight is 286 g/mol. The molecule has 5 nitrogen and oxygen atoms in total. The molecule has 0 heterocycles. The van der Waals surface area contributed by atoms with Crippen LogP contribution in [-0.2, 0) is 10.0 Å². The van der Waals surface area contributed by atoms with Crippen LogP contribution < -0.4 is 15.2 Å². The van der Waals surface area contributed by atoms with E-state index in [1.165, 1.54) is 19.2 Å². The molecule has 0 aromatic heterocycles. The molecular formula is C13H22N2O3S. The van der Waals surface area contributed by atoms with Gasteiger partial charge in [0.25, 0.3) is 0 Å². The van der Waals surface area contributed by atoms with Crippen LogP contribution >= 0.6 is 0 Å². The van der Waals surface area contributed by atoms with Gasteiger partial charge in [-0.15, -0.1) is 0 Å². The minimum Gasteiger partial charge on any atom is -0.497 e. The molecule has 0 saturated carbocycles. The second-order valence-corrected chi connectivity index (χ2v) is 7.30.